The number of rotatable bonds is 5. The molecule has 0 aliphatic carbocycles. The van der Waals surface area contributed by atoms with Crippen LogP contribution in [0.2, 0.25) is 0 Å². The predicted octanol–water partition coefficient (Wildman–Crippen LogP) is 0.323. The van der Waals surface area contributed by atoms with Crippen LogP contribution in [0.3, 0.4) is 0 Å². The molecule has 1 saturated heterocycles. The third-order valence-corrected chi connectivity index (χ3v) is 2.76. The Kier molecular flexibility index (Phi) is 4.63. The summed E-state index contributed by atoms with van der Waals surface area (Å²) < 4.78 is 12.6. The summed E-state index contributed by atoms with van der Waals surface area (Å²) >= 11 is 0. The van der Waals surface area contributed by atoms with Crippen molar-refractivity contribution in [2.45, 2.75) is 6.42 Å². The van der Waals surface area contributed by atoms with E-state index < -0.39 is 5.82 Å². The Morgan fingerprint density at radius 1 is 1.29 bits per heavy atom. The van der Waals surface area contributed by atoms with Gasteiger partial charge in [-0.15, -0.1) is 0 Å². The normalized spacial score (nSPS) is 17.0. The van der Waals surface area contributed by atoms with Crippen molar-refractivity contribution in [2.24, 2.45) is 0 Å². The molecule has 94 valence electrons. The number of nitrogens with zero attached hydrogens (tertiary/aromatic N) is 3. The van der Waals surface area contributed by atoms with Crippen LogP contribution in [0.4, 0.5) is 10.3 Å². The van der Waals surface area contributed by atoms with Crippen LogP contribution >= 0.6 is 0 Å². The molecule has 1 fully saturated rings. The van der Waals surface area contributed by atoms with E-state index in [1.54, 1.807) is 0 Å². The summed E-state index contributed by atoms with van der Waals surface area (Å²) in [6, 6.07) is 0. The van der Waals surface area contributed by atoms with E-state index in [4.69, 9.17) is 0 Å². The fourth-order valence-electron chi connectivity index (χ4n) is 1.84. The molecule has 0 unspecified atom stereocenters. The average Bonchev–Trinajstić information content (AvgIpc) is 2.38. The summed E-state index contributed by atoms with van der Waals surface area (Å²) in [7, 11) is 0. The van der Waals surface area contributed by atoms with Gasteiger partial charge in [0.05, 0.1) is 12.4 Å². The van der Waals surface area contributed by atoms with E-state index >= 15 is 0 Å². The summed E-state index contributed by atoms with van der Waals surface area (Å²) in [6.07, 6.45) is 3.39. The molecule has 1 aromatic heterocycles. The van der Waals surface area contributed by atoms with Gasteiger partial charge in [-0.3, -0.25) is 0 Å². The Balaban J connectivity index is 1.60. The number of aromatic nitrogens is 2. The van der Waals surface area contributed by atoms with Gasteiger partial charge in [-0.05, 0) is 13.0 Å². The summed E-state index contributed by atoms with van der Waals surface area (Å²) in [5, 5.41) is 6.40. The second-order valence-electron chi connectivity index (χ2n) is 4.10. The van der Waals surface area contributed by atoms with Crippen molar-refractivity contribution in [1.29, 1.82) is 0 Å². The minimum atomic E-state index is -0.406. The Bertz CT molecular complexity index is 323. The number of nitrogens with one attached hydrogen (secondary N) is 2. The lowest BCUT2D eigenvalue weighted by Crippen LogP contribution is -2.44. The van der Waals surface area contributed by atoms with E-state index in [2.05, 4.69) is 25.5 Å². The molecule has 1 aromatic rings. The summed E-state index contributed by atoms with van der Waals surface area (Å²) in [5.41, 5.74) is 0. The Labute approximate surface area is 100 Å². The third-order valence-electron chi connectivity index (χ3n) is 2.76. The first-order valence-electron chi connectivity index (χ1n) is 5.99. The van der Waals surface area contributed by atoms with E-state index in [1.165, 1.54) is 12.4 Å². The molecule has 5 nitrogen and oxygen atoms in total. The van der Waals surface area contributed by atoms with Crippen molar-refractivity contribution in [1.82, 2.24) is 20.2 Å². The Morgan fingerprint density at radius 2 is 2.00 bits per heavy atom. The minimum Gasteiger partial charge on any atom is -0.354 e. The van der Waals surface area contributed by atoms with Crippen LogP contribution in [0.25, 0.3) is 0 Å². The van der Waals surface area contributed by atoms with Gasteiger partial charge in [0.2, 0.25) is 5.95 Å². The standard InChI is InChI=1S/C11H18FN5/c12-10-8-15-11(16-9-10)14-2-1-5-17-6-3-13-4-7-17/h8-9,13H,1-7H2,(H,14,15,16). The van der Waals surface area contributed by atoms with E-state index in [-0.39, 0.29) is 0 Å². The number of piperazine rings is 1. The van der Waals surface area contributed by atoms with Crippen LogP contribution in [0.1, 0.15) is 6.42 Å². The summed E-state index contributed by atoms with van der Waals surface area (Å²) in [5.74, 6) is 0.0862. The fourth-order valence-corrected chi connectivity index (χ4v) is 1.84. The zero-order chi connectivity index (χ0) is 11.9. The molecule has 2 heterocycles. The van der Waals surface area contributed by atoms with Gasteiger partial charge in [0.15, 0.2) is 5.82 Å². The molecule has 0 bridgehead atoms. The number of halogens is 1. The Hall–Kier alpha value is -1.27. The van der Waals surface area contributed by atoms with Crippen molar-refractivity contribution in [3.05, 3.63) is 18.2 Å². The molecule has 0 amide bonds. The monoisotopic (exact) mass is 239 g/mol. The molecule has 0 aromatic carbocycles. The maximum atomic E-state index is 12.6. The fraction of sp³-hybridized carbons (Fsp3) is 0.636. The van der Waals surface area contributed by atoms with Crippen LogP contribution in [-0.4, -0.2) is 54.1 Å². The molecule has 2 N–H and O–H groups in total. The first-order chi connectivity index (χ1) is 8.34. The molecule has 0 radical (unpaired) electrons. The topological polar surface area (TPSA) is 53.1 Å². The molecule has 17 heavy (non-hydrogen) atoms. The molecule has 2 rings (SSSR count). The van der Waals surface area contributed by atoms with E-state index in [9.17, 15) is 4.39 Å². The average molecular weight is 239 g/mol. The van der Waals surface area contributed by atoms with Gasteiger partial charge in [0.1, 0.15) is 0 Å². The lowest BCUT2D eigenvalue weighted by atomic mass is 10.3. The second kappa shape index (κ2) is 6.46. The molecular formula is C11H18FN5. The first kappa shape index (κ1) is 12.2. The molecular weight excluding hydrogens is 221 g/mol. The highest BCUT2D eigenvalue weighted by atomic mass is 19.1. The minimum absolute atomic E-state index is 0.406. The molecule has 0 spiro atoms. The van der Waals surface area contributed by atoms with Gasteiger partial charge < -0.3 is 15.5 Å². The van der Waals surface area contributed by atoms with Gasteiger partial charge >= 0.3 is 0 Å². The van der Waals surface area contributed by atoms with E-state index in [1.807, 2.05) is 0 Å². The van der Waals surface area contributed by atoms with Crippen molar-refractivity contribution >= 4 is 5.95 Å². The zero-order valence-electron chi connectivity index (χ0n) is 9.82. The number of hydrogen-bond acceptors (Lipinski definition) is 5. The predicted molar refractivity (Wildman–Crippen MR) is 64.4 cm³/mol. The van der Waals surface area contributed by atoms with Gasteiger partial charge in [0.25, 0.3) is 0 Å². The van der Waals surface area contributed by atoms with E-state index in [0.717, 1.165) is 45.7 Å². The summed E-state index contributed by atoms with van der Waals surface area (Å²) in [6.45, 7) is 6.29. The van der Waals surface area contributed by atoms with Crippen molar-refractivity contribution in [3.8, 4) is 0 Å². The van der Waals surface area contributed by atoms with Gasteiger partial charge in [0, 0.05) is 32.7 Å². The molecule has 0 atom stereocenters. The number of hydrogen-bond donors (Lipinski definition) is 2. The van der Waals surface area contributed by atoms with Gasteiger partial charge in [-0.25, -0.2) is 14.4 Å². The highest BCUT2D eigenvalue weighted by Crippen LogP contribution is 1.99. The van der Waals surface area contributed by atoms with Crippen molar-refractivity contribution in [2.75, 3.05) is 44.6 Å². The lowest BCUT2D eigenvalue weighted by molar-refractivity contribution is 0.240. The molecule has 0 saturated carbocycles. The zero-order valence-corrected chi connectivity index (χ0v) is 9.82. The van der Waals surface area contributed by atoms with Crippen molar-refractivity contribution < 1.29 is 4.39 Å². The smallest absolute Gasteiger partial charge is 0.222 e. The van der Waals surface area contributed by atoms with E-state index in [0.29, 0.717) is 5.95 Å². The third kappa shape index (κ3) is 4.24. The largest absolute Gasteiger partial charge is 0.354 e. The molecule has 1 aliphatic rings. The number of anilines is 1. The SMILES string of the molecule is Fc1cnc(NCCCN2CCNCC2)nc1. The van der Waals surface area contributed by atoms with Crippen LogP contribution in [0.5, 0.6) is 0 Å². The maximum absolute atomic E-state index is 12.6. The highest BCUT2D eigenvalue weighted by molar-refractivity contribution is 5.21. The second-order valence-corrected chi connectivity index (χ2v) is 4.10. The summed E-state index contributed by atoms with van der Waals surface area (Å²) in [4.78, 5) is 10.1. The van der Waals surface area contributed by atoms with Crippen LogP contribution < -0.4 is 10.6 Å². The lowest BCUT2D eigenvalue weighted by Gasteiger charge is -2.27. The first-order valence-corrected chi connectivity index (χ1v) is 5.99. The quantitative estimate of drug-likeness (QED) is 0.725. The van der Waals surface area contributed by atoms with Crippen LogP contribution in [-0.2, 0) is 0 Å². The Morgan fingerprint density at radius 3 is 2.71 bits per heavy atom. The van der Waals surface area contributed by atoms with Crippen LogP contribution in [0.15, 0.2) is 12.4 Å². The highest BCUT2D eigenvalue weighted by Gasteiger charge is 2.08. The molecule has 6 heteroatoms. The van der Waals surface area contributed by atoms with Gasteiger partial charge in [-0.1, -0.05) is 0 Å². The maximum Gasteiger partial charge on any atom is 0.222 e. The van der Waals surface area contributed by atoms with Crippen molar-refractivity contribution in [3.63, 3.8) is 0 Å². The van der Waals surface area contributed by atoms with Crippen LogP contribution in [0, 0.1) is 5.82 Å². The van der Waals surface area contributed by atoms with Gasteiger partial charge in [-0.2, -0.15) is 0 Å². The molecule has 1 aliphatic heterocycles.